The van der Waals surface area contributed by atoms with E-state index in [0.717, 1.165) is 32.9 Å². The van der Waals surface area contributed by atoms with Gasteiger partial charge in [0.25, 0.3) is 0 Å². The minimum absolute atomic E-state index is 0.627. The van der Waals surface area contributed by atoms with Crippen LogP contribution in [-0.4, -0.2) is 15.9 Å². The van der Waals surface area contributed by atoms with Crippen LogP contribution in [0, 0.1) is 5.92 Å². The fourth-order valence-corrected chi connectivity index (χ4v) is 3.46. The molecular weight excluding hydrogens is 298 g/mol. The van der Waals surface area contributed by atoms with Gasteiger partial charge in [-0.2, -0.15) is 4.37 Å². The normalized spacial score (nSPS) is 11.2. The molecule has 0 unspecified atom stereocenters. The third-order valence-corrected chi connectivity index (χ3v) is 4.64. The predicted molar refractivity (Wildman–Crippen MR) is 82.0 cm³/mol. The van der Waals surface area contributed by atoms with Crippen molar-refractivity contribution in [2.45, 2.75) is 29.6 Å². The standard InChI is InChI=1S/C13H16ClN3S2/c1-9(2)6-15-7-10-11(14)4-3-5-12(10)18-13-16-8-17-19-13/h3-5,8-9,15H,6-7H2,1-2H3. The van der Waals surface area contributed by atoms with Crippen molar-refractivity contribution in [1.82, 2.24) is 14.7 Å². The van der Waals surface area contributed by atoms with Crippen molar-refractivity contribution in [3.63, 3.8) is 0 Å². The van der Waals surface area contributed by atoms with Crippen LogP contribution in [-0.2, 0) is 6.54 Å². The molecule has 102 valence electrons. The van der Waals surface area contributed by atoms with Gasteiger partial charge < -0.3 is 5.32 Å². The summed E-state index contributed by atoms with van der Waals surface area (Å²) >= 11 is 9.31. The van der Waals surface area contributed by atoms with Crippen LogP contribution in [0.25, 0.3) is 0 Å². The lowest BCUT2D eigenvalue weighted by atomic mass is 10.2. The summed E-state index contributed by atoms with van der Waals surface area (Å²) in [5, 5.41) is 4.23. The summed E-state index contributed by atoms with van der Waals surface area (Å²) in [4.78, 5) is 5.34. The molecule has 0 spiro atoms. The number of aromatic nitrogens is 2. The molecule has 0 saturated carbocycles. The molecule has 0 bridgehead atoms. The van der Waals surface area contributed by atoms with Gasteiger partial charge >= 0.3 is 0 Å². The molecule has 0 radical (unpaired) electrons. The molecule has 0 aliphatic carbocycles. The lowest BCUT2D eigenvalue weighted by molar-refractivity contribution is 0.550. The highest BCUT2D eigenvalue weighted by molar-refractivity contribution is 8.01. The molecule has 1 aromatic heterocycles. The topological polar surface area (TPSA) is 37.8 Å². The van der Waals surface area contributed by atoms with Gasteiger partial charge in [-0.05, 0) is 41.7 Å². The molecule has 1 heterocycles. The zero-order valence-electron chi connectivity index (χ0n) is 10.9. The maximum atomic E-state index is 6.30. The summed E-state index contributed by atoms with van der Waals surface area (Å²) < 4.78 is 4.95. The maximum absolute atomic E-state index is 6.30. The van der Waals surface area contributed by atoms with Crippen molar-refractivity contribution in [3.05, 3.63) is 35.1 Å². The number of nitrogens with zero attached hydrogens (tertiary/aromatic N) is 2. The van der Waals surface area contributed by atoms with Gasteiger partial charge in [0.1, 0.15) is 6.33 Å². The summed E-state index contributed by atoms with van der Waals surface area (Å²) in [5.74, 6) is 0.627. The summed E-state index contributed by atoms with van der Waals surface area (Å²) in [6.45, 7) is 6.14. The molecule has 0 fully saturated rings. The smallest absolute Gasteiger partial charge is 0.174 e. The lowest BCUT2D eigenvalue weighted by Gasteiger charge is -2.12. The molecule has 1 aromatic carbocycles. The van der Waals surface area contributed by atoms with Crippen molar-refractivity contribution in [1.29, 1.82) is 0 Å². The Balaban J connectivity index is 2.11. The molecule has 2 rings (SSSR count). The second-order valence-electron chi connectivity index (χ2n) is 4.55. The molecule has 2 aromatic rings. The monoisotopic (exact) mass is 313 g/mol. The zero-order valence-corrected chi connectivity index (χ0v) is 13.3. The van der Waals surface area contributed by atoms with Crippen molar-refractivity contribution >= 4 is 34.9 Å². The van der Waals surface area contributed by atoms with Gasteiger partial charge in [0.15, 0.2) is 4.34 Å². The van der Waals surface area contributed by atoms with Crippen molar-refractivity contribution in [2.75, 3.05) is 6.54 Å². The van der Waals surface area contributed by atoms with E-state index in [-0.39, 0.29) is 0 Å². The van der Waals surface area contributed by atoms with Crippen LogP contribution in [0.2, 0.25) is 5.02 Å². The van der Waals surface area contributed by atoms with Crippen molar-refractivity contribution in [2.24, 2.45) is 5.92 Å². The van der Waals surface area contributed by atoms with E-state index in [1.54, 1.807) is 18.1 Å². The molecule has 0 aliphatic rings. The van der Waals surface area contributed by atoms with Crippen LogP contribution in [0.1, 0.15) is 19.4 Å². The van der Waals surface area contributed by atoms with Gasteiger partial charge in [-0.15, -0.1) is 0 Å². The van der Waals surface area contributed by atoms with E-state index >= 15 is 0 Å². The fourth-order valence-electron chi connectivity index (χ4n) is 1.59. The maximum Gasteiger partial charge on any atom is 0.174 e. The van der Waals surface area contributed by atoms with Crippen molar-refractivity contribution < 1.29 is 0 Å². The van der Waals surface area contributed by atoms with E-state index in [9.17, 15) is 0 Å². The van der Waals surface area contributed by atoms with Gasteiger partial charge in [0.2, 0.25) is 0 Å². The second kappa shape index (κ2) is 7.24. The van der Waals surface area contributed by atoms with Gasteiger partial charge in [-0.25, -0.2) is 4.98 Å². The molecule has 0 aliphatic heterocycles. The zero-order chi connectivity index (χ0) is 13.7. The fraction of sp³-hybridized carbons (Fsp3) is 0.385. The highest BCUT2D eigenvalue weighted by atomic mass is 35.5. The molecule has 0 atom stereocenters. The van der Waals surface area contributed by atoms with E-state index in [1.807, 2.05) is 12.1 Å². The predicted octanol–water partition coefficient (Wildman–Crippen LogP) is 4.09. The Kier molecular flexibility index (Phi) is 5.63. The first-order valence-electron chi connectivity index (χ1n) is 6.09. The molecule has 19 heavy (non-hydrogen) atoms. The lowest BCUT2D eigenvalue weighted by Crippen LogP contribution is -2.19. The second-order valence-corrected chi connectivity index (χ2v) is 7.03. The van der Waals surface area contributed by atoms with Gasteiger partial charge in [0, 0.05) is 16.5 Å². The van der Waals surface area contributed by atoms with E-state index in [0.29, 0.717) is 5.92 Å². The summed E-state index contributed by atoms with van der Waals surface area (Å²) in [6.07, 6.45) is 1.58. The Morgan fingerprint density at radius 1 is 1.42 bits per heavy atom. The first kappa shape index (κ1) is 14.8. The third-order valence-electron chi connectivity index (χ3n) is 2.47. The average Bonchev–Trinajstić information content (AvgIpc) is 2.85. The number of nitrogens with one attached hydrogen (secondary N) is 1. The quantitative estimate of drug-likeness (QED) is 0.871. The summed E-state index contributed by atoms with van der Waals surface area (Å²) in [5.41, 5.74) is 1.13. The summed E-state index contributed by atoms with van der Waals surface area (Å²) in [7, 11) is 0. The van der Waals surface area contributed by atoms with E-state index in [4.69, 9.17) is 11.6 Å². The minimum atomic E-state index is 0.627. The Morgan fingerprint density at radius 3 is 2.95 bits per heavy atom. The molecular formula is C13H16ClN3S2. The van der Waals surface area contributed by atoms with Crippen molar-refractivity contribution in [3.8, 4) is 0 Å². The third kappa shape index (κ3) is 4.45. The van der Waals surface area contributed by atoms with Crippen LogP contribution >= 0.6 is 34.9 Å². The largest absolute Gasteiger partial charge is 0.312 e. The number of rotatable bonds is 6. The van der Waals surface area contributed by atoms with E-state index in [2.05, 4.69) is 34.6 Å². The Labute approximate surface area is 127 Å². The van der Waals surface area contributed by atoms with Gasteiger partial charge in [-0.1, -0.05) is 43.3 Å². The molecule has 3 nitrogen and oxygen atoms in total. The van der Waals surface area contributed by atoms with Crippen LogP contribution in [0.3, 0.4) is 0 Å². The van der Waals surface area contributed by atoms with E-state index in [1.165, 1.54) is 11.5 Å². The average molecular weight is 314 g/mol. The van der Waals surface area contributed by atoms with Crippen LogP contribution < -0.4 is 5.32 Å². The van der Waals surface area contributed by atoms with Crippen LogP contribution in [0.5, 0.6) is 0 Å². The first-order valence-corrected chi connectivity index (χ1v) is 8.06. The highest BCUT2D eigenvalue weighted by Crippen LogP contribution is 2.34. The van der Waals surface area contributed by atoms with Crippen LogP contribution in [0.15, 0.2) is 33.8 Å². The number of hydrogen-bond acceptors (Lipinski definition) is 5. The molecule has 0 amide bonds. The number of benzene rings is 1. The van der Waals surface area contributed by atoms with Gasteiger partial charge in [-0.3, -0.25) is 0 Å². The Bertz CT molecular complexity index is 515. The van der Waals surface area contributed by atoms with Gasteiger partial charge in [0.05, 0.1) is 0 Å². The SMILES string of the molecule is CC(C)CNCc1c(Cl)cccc1Sc1ncns1. The highest BCUT2D eigenvalue weighted by Gasteiger charge is 2.10. The molecule has 1 N–H and O–H groups in total. The van der Waals surface area contributed by atoms with Crippen LogP contribution in [0.4, 0.5) is 0 Å². The minimum Gasteiger partial charge on any atom is -0.312 e. The Morgan fingerprint density at radius 2 is 2.26 bits per heavy atom. The Hall–Kier alpha value is -0.620. The summed E-state index contributed by atoms with van der Waals surface area (Å²) in [6, 6.07) is 5.97. The van der Waals surface area contributed by atoms with E-state index < -0.39 is 0 Å². The first-order chi connectivity index (χ1) is 9.16. The molecule has 6 heteroatoms. The molecule has 0 saturated heterocycles. The number of hydrogen-bond donors (Lipinski definition) is 1. The number of halogens is 1.